The van der Waals surface area contributed by atoms with E-state index in [2.05, 4.69) is 15.3 Å². The summed E-state index contributed by atoms with van der Waals surface area (Å²) in [4.78, 5) is 35.9. The zero-order valence-corrected chi connectivity index (χ0v) is 23.1. The minimum atomic E-state index is -0.990. The van der Waals surface area contributed by atoms with E-state index >= 15 is 0 Å². The molecule has 0 radical (unpaired) electrons. The molecular weight excluding hydrogens is 528 g/mol. The molecule has 212 valence electrons. The lowest BCUT2D eigenvalue weighted by Gasteiger charge is -2.19. The van der Waals surface area contributed by atoms with Crippen LogP contribution in [0.25, 0.3) is 22.0 Å². The van der Waals surface area contributed by atoms with Crippen molar-refractivity contribution in [2.45, 2.75) is 52.3 Å². The van der Waals surface area contributed by atoms with Crippen LogP contribution in [0.2, 0.25) is 0 Å². The molecule has 0 saturated heterocycles. The van der Waals surface area contributed by atoms with E-state index in [-0.39, 0.29) is 24.1 Å². The van der Waals surface area contributed by atoms with Crippen LogP contribution in [0.4, 0.5) is 19.5 Å². The van der Waals surface area contributed by atoms with Crippen LogP contribution >= 0.6 is 0 Å². The van der Waals surface area contributed by atoms with Gasteiger partial charge in [-0.05, 0) is 85.7 Å². The van der Waals surface area contributed by atoms with Crippen molar-refractivity contribution in [3.63, 3.8) is 0 Å². The molecule has 1 aliphatic rings. The number of carbonyl (C=O) groups excluding carboxylic acids is 2. The minimum absolute atomic E-state index is 0.0312. The van der Waals surface area contributed by atoms with Gasteiger partial charge in [-0.25, -0.2) is 23.5 Å². The Labute approximate surface area is 236 Å². The van der Waals surface area contributed by atoms with Crippen molar-refractivity contribution in [3.8, 4) is 11.1 Å². The minimum Gasteiger partial charge on any atom is -0.444 e. The summed E-state index contributed by atoms with van der Waals surface area (Å²) in [6.45, 7) is 6.50. The second-order valence-corrected chi connectivity index (χ2v) is 11.0. The van der Waals surface area contributed by atoms with E-state index in [1.807, 2.05) is 24.3 Å². The molecule has 0 bridgehead atoms. The van der Waals surface area contributed by atoms with Crippen LogP contribution in [0.5, 0.6) is 0 Å². The second kappa shape index (κ2) is 11.1. The molecule has 0 fully saturated rings. The number of fused-ring (bicyclic) bond motifs is 2. The maximum Gasteiger partial charge on any atom is 0.407 e. The fourth-order valence-electron chi connectivity index (χ4n) is 4.95. The summed E-state index contributed by atoms with van der Waals surface area (Å²) >= 11 is 0. The number of rotatable bonds is 6. The zero-order chi connectivity index (χ0) is 29.3. The summed E-state index contributed by atoms with van der Waals surface area (Å²) in [7, 11) is 0. The standard InChI is InChI=1S/C31H31F2N5O3/c1-31(2,3)41-30(40)35-12-6-9-18-14-24(32)25(33)15-22(18)19-10-11-26-23(13-19)27(37-29(34)36-26)28(39)38-16-20-7-4-5-8-21(20)17-38/h4-5,7-8,10-11,13-15H,6,9,12,16-17H2,1-3H3,(H,35,40)(H2,34,36,37). The first-order chi connectivity index (χ1) is 19.5. The Morgan fingerprint density at radius 1 is 1.00 bits per heavy atom. The number of ether oxygens (including phenoxy) is 1. The van der Waals surface area contributed by atoms with Gasteiger partial charge in [-0.15, -0.1) is 0 Å². The van der Waals surface area contributed by atoms with Crippen molar-refractivity contribution in [2.75, 3.05) is 12.3 Å². The van der Waals surface area contributed by atoms with E-state index < -0.39 is 23.3 Å². The first-order valence-corrected chi connectivity index (χ1v) is 13.4. The lowest BCUT2D eigenvalue weighted by atomic mass is 9.94. The number of benzene rings is 3. The molecule has 5 rings (SSSR count). The van der Waals surface area contributed by atoms with Gasteiger partial charge in [0.25, 0.3) is 5.91 Å². The molecule has 1 aliphatic heterocycles. The summed E-state index contributed by atoms with van der Waals surface area (Å²) < 4.78 is 34.0. The second-order valence-electron chi connectivity index (χ2n) is 11.0. The van der Waals surface area contributed by atoms with E-state index in [0.29, 0.717) is 53.5 Å². The monoisotopic (exact) mass is 559 g/mol. The van der Waals surface area contributed by atoms with Crippen LogP contribution in [-0.2, 0) is 24.2 Å². The summed E-state index contributed by atoms with van der Waals surface area (Å²) in [5, 5.41) is 3.14. The van der Waals surface area contributed by atoms with Crippen LogP contribution in [0.1, 0.15) is 54.4 Å². The van der Waals surface area contributed by atoms with Crippen molar-refractivity contribution in [1.29, 1.82) is 0 Å². The highest BCUT2D eigenvalue weighted by Crippen LogP contribution is 2.32. The fraction of sp³-hybridized carbons (Fsp3) is 0.290. The molecule has 1 aromatic heterocycles. The zero-order valence-electron chi connectivity index (χ0n) is 23.1. The maximum absolute atomic E-state index is 14.5. The van der Waals surface area contributed by atoms with Gasteiger partial charge in [0.2, 0.25) is 5.95 Å². The molecule has 0 aliphatic carbocycles. The van der Waals surface area contributed by atoms with Crippen molar-refractivity contribution < 1.29 is 23.1 Å². The van der Waals surface area contributed by atoms with Gasteiger partial charge in [0, 0.05) is 25.0 Å². The molecule has 2 amide bonds. The molecule has 3 N–H and O–H groups in total. The number of hydrogen-bond donors (Lipinski definition) is 2. The third-order valence-electron chi connectivity index (χ3n) is 6.79. The molecule has 0 atom stereocenters. The number of hydrogen-bond acceptors (Lipinski definition) is 6. The van der Waals surface area contributed by atoms with Crippen LogP contribution in [-0.4, -0.2) is 39.0 Å². The smallest absolute Gasteiger partial charge is 0.407 e. The number of nitrogen functional groups attached to an aromatic ring is 1. The Bertz CT molecular complexity index is 1630. The van der Waals surface area contributed by atoms with Gasteiger partial charge < -0.3 is 20.7 Å². The molecular formula is C31H31F2N5O3. The van der Waals surface area contributed by atoms with E-state index in [4.69, 9.17) is 10.5 Å². The Balaban J connectivity index is 1.43. The fourth-order valence-corrected chi connectivity index (χ4v) is 4.95. The van der Waals surface area contributed by atoms with Crippen molar-refractivity contribution in [3.05, 3.63) is 88.6 Å². The van der Waals surface area contributed by atoms with Gasteiger partial charge in [0.05, 0.1) is 5.52 Å². The average molecular weight is 560 g/mol. The highest BCUT2D eigenvalue weighted by Gasteiger charge is 2.27. The number of nitrogens with zero attached hydrogens (tertiary/aromatic N) is 3. The normalized spacial score (nSPS) is 12.9. The average Bonchev–Trinajstić information content (AvgIpc) is 3.35. The highest BCUT2D eigenvalue weighted by molar-refractivity contribution is 6.06. The SMILES string of the molecule is CC(C)(C)OC(=O)NCCCc1cc(F)c(F)cc1-c1ccc2nc(N)nc(C(=O)N3Cc4ccccc4C3)c2c1. The first kappa shape index (κ1) is 27.9. The molecule has 8 nitrogen and oxygen atoms in total. The van der Waals surface area contributed by atoms with Crippen LogP contribution in [0, 0.1) is 11.6 Å². The Hall–Kier alpha value is -4.60. The number of amides is 2. The predicted molar refractivity (Wildman–Crippen MR) is 152 cm³/mol. The van der Waals surface area contributed by atoms with E-state index in [0.717, 1.165) is 23.3 Å². The Morgan fingerprint density at radius 2 is 1.68 bits per heavy atom. The van der Waals surface area contributed by atoms with E-state index in [9.17, 15) is 18.4 Å². The van der Waals surface area contributed by atoms with Crippen molar-refractivity contribution >= 4 is 28.9 Å². The summed E-state index contributed by atoms with van der Waals surface area (Å²) in [5.74, 6) is -2.28. The van der Waals surface area contributed by atoms with E-state index in [1.54, 1.807) is 43.9 Å². The molecule has 4 aromatic rings. The third kappa shape index (κ3) is 6.26. The topological polar surface area (TPSA) is 110 Å². The maximum atomic E-state index is 14.5. The Kier molecular flexibility index (Phi) is 7.57. The molecule has 2 heterocycles. The van der Waals surface area contributed by atoms with Crippen molar-refractivity contribution in [2.24, 2.45) is 0 Å². The summed E-state index contributed by atoms with van der Waals surface area (Å²) in [5.41, 5.74) is 9.66. The molecule has 0 spiro atoms. The predicted octanol–water partition coefficient (Wildman–Crippen LogP) is 5.77. The van der Waals surface area contributed by atoms with Crippen LogP contribution in [0.3, 0.4) is 0 Å². The molecule has 41 heavy (non-hydrogen) atoms. The van der Waals surface area contributed by atoms with Gasteiger partial charge in [-0.1, -0.05) is 30.3 Å². The van der Waals surface area contributed by atoms with Crippen molar-refractivity contribution in [1.82, 2.24) is 20.2 Å². The highest BCUT2D eigenvalue weighted by atomic mass is 19.2. The number of aryl methyl sites for hydroxylation is 1. The molecule has 0 saturated carbocycles. The molecule has 0 unspecified atom stereocenters. The van der Waals surface area contributed by atoms with E-state index in [1.165, 1.54) is 0 Å². The van der Waals surface area contributed by atoms with Gasteiger partial charge in [-0.2, -0.15) is 0 Å². The van der Waals surface area contributed by atoms with Gasteiger partial charge in [0.1, 0.15) is 11.3 Å². The molecule has 10 heteroatoms. The Morgan fingerprint density at radius 3 is 2.37 bits per heavy atom. The first-order valence-electron chi connectivity index (χ1n) is 13.4. The quantitative estimate of drug-likeness (QED) is 0.290. The lowest BCUT2D eigenvalue weighted by molar-refractivity contribution is 0.0527. The van der Waals surface area contributed by atoms with Gasteiger partial charge >= 0.3 is 6.09 Å². The lowest BCUT2D eigenvalue weighted by Crippen LogP contribution is -2.33. The molecule has 3 aromatic carbocycles. The number of alkyl carbamates (subject to hydrolysis) is 1. The number of nitrogens with one attached hydrogen (secondary N) is 1. The van der Waals surface area contributed by atoms with Gasteiger partial charge in [0.15, 0.2) is 11.6 Å². The van der Waals surface area contributed by atoms with Crippen LogP contribution < -0.4 is 11.1 Å². The number of nitrogens with two attached hydrogens (primary N) is 1. The summed E-state index contributed by atoms with van der Waals surface area (Å²) in [6.07, 6.45) is 0.273. The van der Waals surface area contributed by atoms with Gasteiger partial charge in [-0.3, -0.25) is 4.79 Å². The number of aromatic nitrogens is 2. The summed E-state index contributed by atoms with van der Waals surface area (Å²) in [6, 6.07) is 15.3. The van der Waals surface area contributed by atoms with Crippen LogP contribution in [0.15, 0.2) is 54.6 Å². The number of anilines is 1. The third-order valence-corrected chi connectivity index (χ3v) is 6.79. The number of carbonyl (C=O) groups is 2. The largest absolute Gasteiger partial charge is 0.444 e. The number of halogens is 2.